The maximum Gasteiger partial charge on any atom is 0.138 e. The van der Waals surface area contributed by atoms with Crippen molar-refractivity contribution in [3.05, 3.63) is 42.5 Å². The zero-order chi connectivity index (χ0) is 11.6. The average Bonchev–Trinajstić information content (AvgIpc) is 2.68. The Morgan fingerprint density at radius 1 is 1.38 bits per heavy atom. The van der Waals surface area contributed by atoms with Gasteiger partial charge in [-0.3, -0.25) is 0 Å². The molecule has 0 unspecified atom stereocenters. The molecule has 0 saturated heterocycles. The van der Waals surface area contributed by atoms with Gasteiger partial charge in [-0.15, -0.1) is 0 Å². The van der Waals surface area contributed by atoms with Crippen LogP contribution in [0, 0.1) is 0 Å². The third-order valence-electron chi connectivity index (χ3n) is 2.25. The molecule has 1 heterocycles. The molecule has 4 heteroatoms. The summed E-state index contributed by atoms with van der Waals surface area (Å²) in [7, 11) is 0. The molecule has 1 aromatic carbocycles. The van der Waals surface area contributed by atoms with Crippen LogP contribution in [0.15, 0.2) is 36.9 Å². The van der Waals surface area contributed by atoms with E-state index in [1.54, 1.807) is 11.0 Å². The highest BCUT2D eigenvalue weighted by molar-refractivity contribution is 5.35. The van der Waals surface area contributed by atoms with Crippen molar-refractivity contribution in [3.8, 4) is 5.69 Å². The minimum Gasteiger partial charge on any atom is -0.325 e. The van der Waals surface area contributed by atoms with E-state index in [1.807, 2.05) is 26.0 Å². The normalized spacial score (nSPS) is 11.7. The number of nitrogens with zero attached hydrogens (tertiary/aromatic N) is 3. The Morgan fingerprint density at radius 3 is 2.81 bits per heavy atom. The van der Waals surface area contributed by atoms with Crippen molar-refractivity contribution in [3.63, 3.8) is 0 Å². The van der Waals surface area contributed by atoms with E-state index in [0.717, 1.165) is 12.1 Å². The summed E-state index contributed by atoms with van der Waals surface area (Å²) in [6.45, 7) is 4.05. The van der Waals surface area contributed by atoms with E-state index in [4.69, 9.17) is 5.73 Å². The second-order valence-electron chi connectivity index (χ2n) is 4.68. The van der Waals surface area contributed by atoms with Crippen LogP contribution in [-0.4, -0.2) is 20.3 Å². The maximum absolute atomic E-state index is 6.00. The third-order valence-corrected chi connectivity index (χ3v) is 2.25. The first-order chi connectivity index (χ1) is 7.54. The Labute approximate surface area is 95.1 Å². The van der Waals surface area contributed by atoms with Crippen molar-refractivity contribution in [2.75, 3.05) is 0 Å². The van der Waals surface area contributed by atoms with E-state index in [-0.39, 0.29) is 5.54 Å². The van der Waals surface area contributed by atoms with Gasteiger partial charge >= 0.3 is 0 Å². The van der Waals surface area contributed by atoms with Crippen LogP contribution in [0.3, 0.4) is 0 Å². The van der Waals surface area contributed by atoms with Gasteiger partial charge in [-0.2, -0.15) is 5.10 Å². The fourth-order valence-electron chi connectivity index (χ4n) is 1.68. The molecule has 0 aliphatic heterocycles. The minimum atomic E-state index is -0.193. The molecule has 84 valence electrons. The fraction of sp³-hybridized carbons (Fsp3) is 0.333. The standard InChI is InChI=1S/C12H16N4/c1-12(2,13)7-10-4-3-5-11(6-10)16-9-14-8-15-16/h3-6,8-9H,7,13H2,1-2H3. The molecule has 0 bridgehead atoms. The van der Waals surface area contributed by atoms with Gasteiger partial charge in [-0.25, -0.2) is 9.67 Å². The van der Waals surface area contributed by atoms with E-state index in [9.17, 15) is 0 Å². The summed E-state index contributed by atoms with van der Waals surface area (Å²) in [6.07, 6.45) is 4.06. The molecule has 1 aromatic heterocycles. The first-order valence-corrected chi connectivity index (χ1v) is 5.27. The van der Waals surface area contributed by atoms with E-state index >= 15 is 0 Å². The van der Waals surface area contributed by atoms with Gasteiger partial charge in [0.2, 0.25) is 0 Å². The quantitative estimate of drug-likeness (QED) is 0.846. The first kappa shape index (κ1) is 10.8. The van der Waals surface area contributed by atoms with Crippen LogP contribution in [-0.2, 0) is 6.42 Å². The van der Waals surface area contributed by atoms with Crippen LogP contribution in [0.2, 0.25) is 0 Å². The molecular weight excluding hydrogens is 200 g/mol. The molecular formula is C12H16N4. The molecule has 4 nitrogen and oxygen atoms in total. The van der Waals surface area contributed by atoms with Gasteiger partial charge < -0.3 is 5.73 Å². The molecule has 0 saturated carbocycles. The van der Waals surface area contributed by atoms with Gasteiger partial charge in [0, 0.05) is 5.54 Å². The number of aromatic nitrogens is 3. The predicted octanol–water partition coefficient (Wildman–Crippen LogP) is 1.55. The van der Waals surface area contributed by atoms with Crippen LogP contribution >= 0.6 is 0 Å². The van der Waals surface area contributed by atoms with E-state index < -0.39 is 0 Å². The summed E-state index contributed by atoms with van der Waals surface area (Å²) in [5.41, 5.74) is 8.03. The summed E-state index contributed by atoms with van der Waals surface area (Å²) >= 11 is 0. The number of rotatable bonds is 3. The van der Waals surface area contributed by atoms with Gasteiger partial charge in [-0.1, -0.05) is 12.1 Å². The van der Waals surface area contributed by atoms with Gasteiger partial charge in [0.25, 0.3) is 0 Å². The molecule has 2 aromatic rings. The fourth-order valence-corrected chi connectivity index (χ4v) is 1.68. The van der Waals surface area contributed by atoms with Crippen molar-refractivity contribution in [1.82, 2.24) is 14.8 Å². The number of hydrogen-bond acceptors (Lipinski definition) is 3. The molecule has 2 rings (SSSR count). The van der Waals surface area contributed by atoms with Crippen LogP contribution in [0.1, 0.15) is 19.4 Å². The molecule has 16 heavy (non-hydrogen) atoms. The summed E-state index contributed by atoms with van der Waals surface area (Å²) in [5, 5.41) is 4.10. The Bertz CT molecular complexity index is 454. The zero-order valence-corrected chi connectivity index (χ0v) is 9.59. The Balaban J connectivity index is 2.27. The zero-order valence-electron chi connectivity index (χ0n) is 9.59. The smallest absolute Gasteiger partial charge is 0.138 e. The second kappa shape index (κ2) is 4.06. The van der Waals surface area contributed by atoms with Crippen LogP contribution in [0.25, 0.3) is 5.69 Å². The van der Waals surface area contributed by atoms with Crippen LogP contribution in [0.5, 0.6) is 0 Å². The SMILES string of the molecule is CC(C)(N)Cc1cccc(-n2cncn2)c1. The second-order valence-corrected chi connectivity index (χ2v) is 4.68. The monoisotopic (exact) mass is 216 g/mol. The highest BCUT2D eigenvalue weighted by Gasteiger charge is 2.11. The Kier molecular flexibility index (Phi) is 2.75. The highest BCUT2D eigenvalue weighted by atomic mass is 15.3. The van der Waals surface area contributed by atoms with Gasteiger partial charge in [-0.05, 0) is 38.0 Å². The van der Waals surface area contributed by atoms with Crippen molar-refractivity contribution in [1.29, 1.82) is 0 Å². The lowest BCUT2D eigenvalue weighted by Crippen LogP contribution is -2.34. The highest BCUT2D eigenvalue weighted by Crippen LogP contribution is 2.14. The minimum absolute atomic E-state index is 0.193. The molecule has 0 spiro atoms. The van der Waals surface area contributed by atoms with Crippen molar-refractivity contribution < 1.29 is 0 Å². The average molecular weight is 216 g/mol. The van der Waals surface area contributed by atoms with E-state index in [0.29, 0.717) is 0 Å². The van der Waals surface area contributed by atoms with Crippen molar-refractivity contribution in [2.45, 2.75) is 25.8 Å². The van der Waals surface area contributed by atoms with Gasteiger partial charge in [0.1, 0.15) is 12.7 Å². The molecule has 0 amide bonds. The summed E-state index contributed by atoms with van der Waals surface area (Å²) in [5.74, 6) is 0. The topological polar surface area (TPSA) is 56.7 Å². The molecule has 0 aliphatic carbocycles. The van der Waals surface area contributed by atoms with Gasteiger partial charge in [0.05, 0.1) is 5.69 Å². The lowest BCUT2D eigenvalue weighted by atomic mass is 9.96. The van der Waals surface area contributed by atoms with Gasteiger partial charge in [0.15, 0.2) is 0 Å². The molecule has 0 radical (unpaired) electrons. The Morgan fingerprint density at radius 2 is 2.19 bits per heavy atom. The molecule has 0 atom stereocenters. The number of benzene rings is 1. The Hall–Kier alpha value is -1.68. The lowest BCUT2D eigenvalue weighted by molar-refractivity contribution is 0.516. The summed E-state index contributed by atoms with van der Waals surface area (Å²) in [4.78, 5) is 3.93. The van der Waals surface area contributed by atoms with E-state index in [2.05, 4.69) is 22.2 Å². The summed E-state index contributed by atoms with van der Waals surface area (Å²) < 4.78 is 1.74. The number of nitrogens with two attached hydrogens (primary N) is 1. The van der Waals surface area contributed by atoms with Crippen molar-refractivity contribution in [2.24, 2.45) is 5.73 Å². The maximum atomic E-state index is 6.00. The van der Waals surface area contributed by atoms with Crippen LogP contribution in [0.4, 0.5) is 0 Å². The third kappa shape index (κ3) is 2.67. The largest absolute Gasteiger partial charge is 0.325 e. The molecule has 2 N–H and O–H groups in total. The lowest BCUT2D eigenvalue weighted by Gasteiger charge is -2.18. The molecule has 0 fully saturated rings. The van der Waals surface area contributed by atoms with Crippen molar-refractivity contribution >= 4 is 0 Å². The molecule has 0 aliphatic rings. The summed E-state index contributed by atoms with van der Waals surface area (Å²) in [6, 6.07) is 8.18. The predicted molar refractivity (Wildman–Crippen MR) is 63.3 cm³/mol. The first-order valence-electron chi connectivity index (χ1n) is 5.27. The number of hydrogen-bond donors (Lipinski definition) is 1. The van der Waals surface area contributed by atoms with E-state index in [1.165, 1.54) is 11.9 Å². The van der Waals surface area contributed by atoms with Crippen LogP contribution < -0.4 is 5.73 Å².